The Morgan fingerprint density at radius 3 is 2.60 bits per heavy atom. The van der Waals surface area contributed by atoms with E-state index in [9.17, 15) is 8.42 Å². The molecule has 0 amide bonds. The van der Waals surface area contributed by atoms with Crippen LogP contribution in [-0.2, 0) is 17.1 Å². The van der Waals surface area contributed by atoms with Gasteiger partial charge in [-0.3, -0.25) is 0 Å². The number of rotatable bonds is 2. The van der Waals surface area contributed by atoms with Gasteiger partial charge in [0.25, 0.3) is 10.0 Å². The highest BCUT2D eigenvalue weighted by Crippen LogP contribution is 2.40. The summed E-state index contributed by atoms with van der Waals surface area (Å²) < 4.78 is 28.3. The zero-order valence-corrected chi connectivity index (χ0v) is 13.2. The lowest BCUT2D eigenvalue weighted by Crippen LogP contribution is -2.39. The van der Waals surface area contributed by atoms with Crippen molar-refractivity contribution in [2.45, 2.75) is 24.3 Å². The Morgan fingerprint density at radius 1 is 1.30 bits per heavy atom. The molecule has 0 unspecified atom stereocenters. The van der Waals surface area contributed by atoms with Gasteiger partial charge < -0.3 is 9.88 Å². The fourth-order valence-electron chi connectivity index (χ4n) is 3.12. The maximum absolute atomic E-state index is 12.5. The van der Waals surface area contributed by atoms with E-state index < -0.39 is 10.0 Å². The number of nitrogens with one attached hydrogen (secondary N) is 1. The number of imidazole rings is 1. The molecule has 2 aliphatic rings. The topological polar surface area (TPSA) is 67.2 Å². The number of sulfonamides is 1. The summed E-state index contributed by atoms with van der Waals surface area (Å²) in [5.74, 6) is 0. The van der Waals surface area contributed by atoms with E-state index >= 15 is 0 Å². The fourth-order valence-corrected chi connectivity index (χ4v) is 4.64. The largest absolute Gasteiger partial charge is 0.339 e. The van der Waals surface area contributed by atoms with Gasteiger partial charge in [0, 0.05) is 26.3 Å². The summed E-state index contributed by atoms with van der Waals surface area (Å²) in [5.41, 5.74) is 0.188. The molecule has 0 aliphatic carbocycles. The monoisotopic (exact) mass is 320 g/mol. The number of aromatic nitrogens is 2. The molecule has 0 radical (unpaired) electrons. The average Bonchev–Trinajstić information content (AvgIpc) is 2.98. The van der Waals surface area contributed by atoms with Crippen molar-refractivity contribution < 1.29 is 8.42 Å². The van der Waals surface area contributed by atoms with E-state index in [1.807, 2.05) is 0 Å². The molecular weight excluding hydrogens is 300 g/mol. The van der Waals surface area contributed by atoms with Crippen molar-refractivity contribution in [3.8, 4) is 0 Å². The first-order valence-electron chi connectivity index (χ1n) is 6.71. The van der Waals surface area contributed by atoms with Crippen LogP contribution in [0.5, 0.6) is 0 Å². The Morgan fingerprint density at radius 2 is 2.00 bits per heavy atom. The minimum absolute atomic E-state index is 0. The Hall–Kier alpha value is -0.630. The van der Waals surface area contributed by atoms with Gasteiger partial charge in [-0.2, -0.15) is 4.31 Å². The van der Waals surface area contributed by atoms with Crippen LogP contribution in [-0.4, -0.2) is 48.5 Å². The molecule has 8 heteroatoms. The highest BCUT2D eigenvalue weighted by molar-refractivity contribution is 7.89. The molecule has 3 heterocycles. The molecule has 1 aromatic rings. The third kappa shape index (κ3) is 2.72. The Bertz CT molecular complexity index is 566. The molecule has 1 aromatic heterocycles. The number of piperidine rings is 1. The van der Waals surface area contributed by atoms with Gasteiger partial charge >= 0.3 is 0 Å². The Kier molecular flexibility index (Phi) is 4.44. The van der Waals surface area contributed by atoms with E-state index in [0.29, 0.717) is 13.1 Å². The van der Waals surface area contributed by atoms with Crippen LogP contribution >= 0.6 is 12.4 Å². The number of halogens is 1. The smallest absolute Gasteiger partial charge is 0.262 e. The zero-order chi connectivity index (χ0) is 13.5. The lowest BCUT2D eigenvalue weighted by molar-refractivity contribution is 0.218. The van der Waals surface area contributed by atoms with Crippen LogP contribution in [0, 0.1) is 5.41 Å². The molecule has 20 heavy (non-hydrogen) atoms. The third-order valence-corrected chi connectivity index (χ3v) is 6.08. The van der Waals surface area contributed by atoms with Crippen molar-refractivity contribution in [2.24, 2.45) is 12.5 Å². The van der Waals surface area contributed by atoms with Crippen molar-refractivity contribution in [2.75, 3.05) is 26.2 Å². The van der Waals surface area contributed by atoms with Crippen LogP contribution < -0.4 is 5.32 Å². The highest BCUT2D eigenvalue weighted by Gasteiger charge is 2.43. The first-order valence-corrected chi connectivity index (χ1v) is 8.15. The number of aryl methyl sites for hydroxylation is 1. The van der Waals surface area contributed by atoms with Gasteiger partial charge in [-0.1, -0.05) is 0 Å². The molecule has 0 bridgehead atoms. The molecule has 114 valence electrons. The molecule has 0 atom stereocenters. The lowest BCUT2D eigenvalue weighted by Gasteiger charge is -2.33. The fraction of sp³-hybridized carbons (Fsp3) is 0.750. The van der Waals surface area contributed by atoms with Crippen molar-refractivity contribution in [1.29, 1.82) is 0 Å². The van der Waals surface area contributed by atoms with Gasteiger partial charge in [-0.05, 0) is 37.8 Å². The predicted molar refractivity (Wildman–Crippen MR) is 78.4 cm³/mol. The number of hydrogen-bond acceptors (Lipinski definition) is 4. The van der Waals surface area contributed by atoms with Crippen LogP contribution in [0.25, 0.3) is 0 Å². The molecule has 2 fully saturated rings. The van der Waals surface area contributed by atoms with Gasteiger partial charge in [-0.25, -0.2) is 13.4 Å². The van der Waals surface area contributed by atoms with Crippen LogP contribution in [0.3, 0.4) is 0 Å². The standard InChI is InChI=1S/C12H20N4O2S.ClH/c1-15-8-11(14-10-15)19(17,18)16-7-4-12(9-16)2-5-13-6-3-12;/h8,10,13H,2-7,9H2,1H3;1H. The average molecular weight is 321 g/mol. The molecule has 2 aliphatic heterocycles. The van der Waals surface area contributed by atoms with Crippen LogP contribution in [0.2, 0.25) is 0 Å². The second kappa shape index (κ2) is 5.63. The van der Waals surface area contributed by atoms with Crippen molar-refractivity contribution in [1.82, 2.24) is 19.2 Å². The molecule has 1 spiro atoms. The molecule has 2 saturated heterocycles. The SMILES string of the molecule is Cl.Cn1cnc(S(=O)(=O)N2CCC3(CCNCC3)C2)c1. The van der Waals surface area contributed by atoms with E-state index in [-0.39, 0.29) is 22.8 Å². The zero-order valence-electron chi connectivity index (χ0n) is 11.6. The van der Waals surface area contributed by atoms with E-state index in [1.165, 1.54) is 6.33 Å². The Labute approximate surface area is 126 Å². The number of hydrogen-bond donors (Lipinski definition) is 1. The van der Waals surface area contributed by atoms with Crippen LogP contribution in [0.4, 0.5) is 0 Å². The van der Waals surface area contributed by atoms with Gasteiger partial charge in [0.15, 0.2) is 5.03 Å². The molecule has 3 rings (SSSR count). The summed E-state index contributed by atoms with van der Waals surface area (Å²) in [6, 6.07) is 0. The van der Waals surface area contributed by atoms with Crippen molar-refractivity contribution in [3.63, 3.8) is 0 Å². The summed E-state index contributed by atoms with van der Waals surface area (Å²) in [4.78, 5) is 3.99. The van der Waals surface area contributed by atoms with Crippen molar-refractivity contribution in [3.05, 3.63) is 12.5 Å². The maximum Gasteiger partial charge on any atom is 0.262 e. The van der Waals surface area contributed by atoms with E-state index in [2.05, 4.69) is 10.3 Å². The van der Waals surface area contributed by atoms with E-state index in [4.69, 9.17) is 0 Å². The van der Waals surface area contributed by atoms with Gasteiger partial charge in [-0.15, -0.1) is 12.4 Å². The summed E-state index contributed by atoms with van der Waals surface area (Å²) in [7, 11) is -1.63. The minimum atomic E-state index is -3.41. The van der Waals surface area contributed by atoms with Crippen molar-refractivity contribution >= 4 is 22.4 Å². The summed E-state index contributed by atoms with van der Waals surface area (Å²) in [6.45, 7) is 3.27. The van der Waals surface area contributed by atoms with Crippen LogP contribution in [0.15, 0.2) is 17.6 Å². The van der Waals surface area contributed by atoms with Crippen LogP contribution in [0.1, 0.15) is 19.3 Å². The lowest BCUT2D eigenvalue weighted by atomic mass is 9.78. The summed E-state index contributed by atoms with van der Waals surface area (Å²) >= 11 is 0. The minimum Gasteiger partial charge on any atom is -0.339 e. The molecule has 6 nitrogen and oxygen atoms in total. The predicted octanol–water partition coefficient (Wildman–Crippen LogP) is 0.606. The summed E-state index contributed by atoms with van der Waals surface area (Å²) in [6.07, 6.45) is 6.22. The highest BCUT2D eigenvalue weighted by atomic mass is 35.5. The van der Waals surface area contributed by atoms with Gasteiger partial charge in [0.1, 0.15) is 0 Å². The van der Waals surface area contributed by atoms with E-state index in [1.54, 1.807) is 22.1 Å². The molecular formula is C12H21ClN4O2S. The quantitative estimate of drug-likeness (QED) is 0.867. The first-order chi connectivity index (χ1) is 9.02. The Balaban J connectivity index is 0.00000147. The maximum atomic E-state index is 12.5. The van der Waals surface area contributed by atoms with Gasteiger partial charge in [0.05, 0.1) is 6.33 Å². The molecule has 1 N–H and O–H groups in total. The molecule has 0 saturated carbocycles. The normalized spacial score (nSPS) is 22.9. The third-order valence-electron chi connectivity index (χ3n) is 4.35. The first kappa shape index (κ1) is 15.8. The molecule has 0 aromatic carbocycles. The summed E-state index contributed by atoms with van der Waals surface area (Å²) in [5, 5.41) is 3.51. The van der Waals surface area contributed by atoms with E-state index in [0.717, 1.165) is 32.4 Å². The second-order valence-electron chi connectivity index (χ2n) is 5.72. The van der Waals surface area contributed by atoms with Gasteiger partial charge in [0.2, 0.25) is 0 Å². The second-order valence-corrected chi connectivity index (χ2v) is 7.60. The number of nitrogens with zero attached hydrogens (tertiary/aromatic N) is 3.